The third-order valence-corrected chi connectivity index (χ3v) is 5.77. The van der Waals surface area contributed by atoms with Gasteiger partial charge in [0.05, 0.1) is 17.7 Å². The van der Waals surface area contributed by atoms with E-state index < -0.39 is 29.0 Å². The number of hydrogen-bond acceptors (Lipinski definition) is 7. The van der Waals surface area contributed by atoms with Crippen molar-refractivity contribution in [3.8, 4) is 23.0 Å². The third-order valence-electron chi connectivity index (χ3n) is 5.53. The molecule has 4 N–H and O–H groups in total. The van der Waals surface area contributed by atoms with Crippen LogP contribution in [0.3, 0.4) is 0 Å². The van der Waals surface area contributed by atoms with Crippen molar-refractivity contribution in [1.29, 1.82) is 0 Å². The van der Waals surface area contributed by atoms with Gasteiger partial charge in [0.15, 0.2) is 28.8 Å². The molecular weight excluding hydrogens is 448 g/mol. The summed E-state index contributed by atoms with van der Waals surface area (Å²) in [5.74, 6) is -2.96. The number of aromatic hydroxyl groups is 2. The molecule has 33 heavy (non-hydrogen) atoms. The molecule has 164 valence electrons. The molecule has 0 unspecified atom stereocenters. The molecule has 0 fully saturated rings. The Labute approximate surface area is 192 Å². The molecule has 1 aliphatic heterocycles. The molecule has 3 aromatic carbocycles. The van der Waals surface area contributed by atoms with Gasteiger partial charge in [-0.2, -0.15) is 0 Å². The number of ether oxygens (including phenoxy) is 1. The van der Waals surface area contributed by atoms with Gasteiger partial charge in [-0.3, -0.25) is 14.4 Å². The van der Waals surface area contributed by atoms with Gasteiger partial charge in [-0.05, 0) is 48.6 Å². The highest BCUT2D eigenvalue weighted by Crippen LogP contribution is 2.55. The van der Waals surface area contributed by atoms with Crippen molar-refractivity contribution in [1.82, 2.24) is 0 Å². The van der Waals surface area contributed by atoms with Crippen LogP contribution in [0.5, 0.6) is 23.0 Å². The summed E-state index contributed by atoms with van der Waals surface area (Å²) in [4.78, 5) is 38.4. The quantitative estimate of drug-likeness (QED) is 0.486. The largest absolute Gasteiger partial charge is 0.505 e. The van der Waals surface area contributed by atoms with Gasteiger partial charge >= 0.3 is 0 Å². The average Bonchev–Trinajstić information content (AvgIpc) is 2.96. The first-order valence-corrected chi connectivity index (χ1v) is 10.2. The Bertz CT molecular complexity index is 1430. The van der Waals surface area contributed by atoms with E-state index in [9.17, 15) is 24.6 Å². The van der Waals surface area contributed by atoms with Gasteiger partial charge in [-0.1, -0.05) is 17.7 Å². The van der Waals surface area contributed by atoms with Crippen LogP contribution in [0.15, 0.2) is 54.6 Å². The summed E-state index contributed by atoms with van der Waals surface area (Å²) in [7, 11) is 0. The number of nitrogens with two attached hydrogens (primary N) is 1. The SMILES string of the molecule is NC(=O)c1cccc(N2Cc3cc(Cl)ccc3Oc3c(O)c4c(c(O)c32)C(=O)C=CC4=O)c1. The van der Waals surface area contributed by atoms with Crippen molar-refractivity contribution in [2.24, 2.45) is 5.73 Å². The number of allylic oxidation sites excluding steroid dienone is 2. The average molecular weight is 463 g/mol. The molecule has 9 heteroatoms. The maximum absolute atomic E-state index is 12.6. The van der Waals surface area contributed by atoms with Crippen molar-refractivity contribution < 1.29 is 29.3 Å². The zero-order valence-corrected chi connectivity index (χ0v) is 17.6. The van der Waals surface area contributed by atoms with Crippen LogP contribution in [0.25, 0.3) is 0 Å². The zero-order valence-electron chi connectivity index (χ0n) is 16.8. The lowest BCUT2D eigenvalue weighted by molar-refractivity contribution is 0.0989. The van der Waals surface area contributed by atoms with Crippen LogP contribution in [0.1, 0.15) is 36.6 Å². The number of nitrogens with zero attached hydrogens (tertiary/aromatic N) is 1. The van der Waals surface area contributed by atoms with Crippen LogP contribution in [-0.2, 0) is 6.54 Å². The minimum Gasteiger partial charge on any atom is -0.505 e. The maximum atomic E-state index is 12.6. The van der Waals surface area contributed by atoms with E-state index in [4.69, 9.17) is 22.1 Å². The van der Waals surface area contributed by atoms with Crippen molar-refractivity contribution in [2.75, 3.05) is 4.90 Å². The van der Waals surface area contributed by atoms with Gasteiger partial charge in [0.1, 0.15) is 11.4 Å². The van der Waals surface area contributed by atoms with Crippen LogP contribution in [0.2, 0.25) is 5.02 Å². The second kappa shape index (κ2) is 7.39. The molecule has 1 heterocycles. The molecule has 5 rings (SSSR count). The first-order chi connectivity index (χ1) is 15.8. The summed E-state index contributed by atoms with van der Waals surface area (Å²) in [6, 6.07) is 11.1. The Kier molecular flexibility index (Phi) is 4.61. The van der Waals surface area contributed by atoms with Crippen molar-refractivity contribution in [3.63, 3.8) is 0 Å². The van der Waals surface area contributed by atoms with E-state index in [0.717, 1.165) is 12.2 Å². The van der Waals surface area contributed by atoms with Crippen LogP contribution in [0.4, 0.5) is 11.4 Å². The van der Waals surface area contributed by atoms with E-state index in [1.807, 2.05) is 0 Å². The molecular formula is C24H15ClN2O6. The summed E-state index contributed by atoms with van der Waals surface area (Å²) in [5, 5.41) is 22.7. The predicted molar refractivity (Wildman–Crippen MR) is 120 cm³/mol. The normalized spacial score (nSPS) is 14.2. The second-order valence-corrected chi connectivity index (χ2v) is 7.98. The molecule has 3 aromatic rings. The summed E-state index contributed by atoms with van der Waals surface area (Å²) in [6.07, 6.45) is 2.05. The maximum Gasteiger partial charge on any atom is 0.248 e. The highest BCUT2D eigenvalue weighted by Gasteiger charge is 2.37. The Hall–Kier alpha value is -4.30. The van der Waals surface area contributed by atoms with Crippen LogP contribution in [-0.4, -0.2) is 27.7 Å². The van der Waals surface area contributed by atoms with Gasteiger partial charge in [0.2, 0.25) is 5.91 Å². The second-order valence-electron chi connectivity index (χ2n) is 7.54. The lowest BCUT2D eigenvalue weighted by Crippen LogP contribution is -2.20. The highest BCUT2D eigenvalue weighted by molar-refractivity contribution is 6.30. The fourth-order valence-electron chi connectivity index (χ4n) is 4.01. The van der Waals surface area contributed by atoms with Crippen LogP contribution >= 0.6 is 11.6 Å². The highest BCUT2D eigenvalue weighted by atomic mass is 35.5. The van der Waals surface area contributed by atoms with Crippen molar-refractivity contribution >= 4 is 40.4 Å². The number of anilines is 2. The number of fused-ring (bicyclic) bond motifs is 3. The van der Waals surface area contributed by atoms with Crippen LogP contribution < -0.4 is 15.4 Å². The molecule has 0 saturated carbocycles. The van der Waals surface area contributed by atoms with E-state index in [0.29, 0.717) is 22.0 Å². The van der Waals surface area contributed by atoms with Gasteiger partial charge in [0, 0.05) is 21.8 Å². The lowest BCUT2D eigenvalue weighted by Gasteiger charge is -2.27. The number of benzene rings is 3. The number of hydrogen-bond donors (Lipinski definition) is 3. The number of phenolic OH excluding ortho intramolecular Hbond substituents is 2. The smallest absolute Gasteiger partial charge is 0.248 e. The first kappa shape index (κ1) is 20.6. The predicted octanol–water partition coefficient (Wildman–Crippen LogP) is 4.23. The number of rotatable bonds is 2. The number of primary amides is 1. The van der Waals surface area contributed by atoms with Gasteiger partial charge in [-0.15, -0.1) is 0 Å². The third kappa shape index (κ3) is 3.19. The summed E-state index contributed by atoms with van der Waals surface area (Å²) in [6.45, 7) is 0.0921. The standard InChI is InChI=1S/C24H15ClN2O6/c25-13-4-7-17-12(8-13)10-27(14-3-1-2-11(9-14)24(26)32)20-21(30)18-15(28)5-6-16(29)19(18)22(31)23(20)33-17/h1-9,30-31H,10H2,(H2,26,32). The first-order valence-electron chi connectivity index (χ1n) is 9.78. The molecule has 0 radical (unpaired) electrons. The lowest BCUT2D eigenvalue weighted by atomic mass is 9.91. The summed E-state index contributed by atoms with van der Waals surface area (Å²) >= 11 is 6.17. The monoisotopic (exact) mass is 462 g/mol. The number of halogens is 1. The molecule has 0 spiro atoms. The van der Waals surface area contributed by atoms with Gasteiger partial charge in [-0.25, -0.2) is 0 Å². The molecule has 2 aliphatic rings. The fourth-order valence-corrected chi connectivity index (χ4v) is 4.21. The molecule has 0 atom stereocenters. The zero-order chi connectivity index (χ0) is 23.4. The van der Waals surface area contributed by atoms with E-state index in [2.05, 4.69) is 0 Å². The summed E-state index contributed by atoms with van der Waals surface area (Å²) < 4.78 is 5.96. The molecule has 0 aromatic heterocycles. The van der Waals surface area contributed by atoms with E-state index >= 15 is 0 Å². The fraction of sp³-hybridized carbons (Fsp3) is 0.0417. The molecule has 0 bridgehead atoms. The van der Waals surface area contributed by atoms with Crippen LogP contribution in [0, 0.1) is 0 Å². The molecule has 0 saturated heterocycles. The van der Waals surface area contributed by atoms with E-state index in [-0.39, 0.29) is 34.7 Å². The molecule has 8 nitrogen and oxygen atoms in total. The number of amides is 1. The molecule has 1 amide bonds. The van der Waals surface area contributed by atoms with Crippen molar-refractivity contribution in [2.45, 2.75) is 6.54 Å². The van der Waals surface area contributed by atoms with E-state index in [1.54, 1.807) is 35.2 Å². The Balaban J connectivity index is 1.85. The Morgan fingerprint density at radius 2 is 1.70 bits per heavy atom. The van der Waals surface area contributed by atoms with E-state index in [1.165, 1.54) is 12.1 Å². The Morgan fingerprint density at radius 1 is 1.00 bits per heavy atom. The number of ketones is 2. The summed E-state index contributed by atoms with van der Waals surface area (Å²) in [5.41, 5.74) is 5.94. The Morgan fingerprint density at radius 3 is 2.39 bits per heavy atom. The number of phenols is 2. The number of carbonyl (C=O) groups is 3. The number of carbonyl (C=O) groups excluding carboxylic acids is 3. The topological polar surface area (TPSA) is 130 Å². The van der Waals surface area contributed by atoms with Gasteiger partial charge in [0.25, 0.3) is 0 Å². The van der Waals surface area contributed by atoms with Crippen molar-refractivity contribution in [3.05, 3.63) is 81.9 Å². The minimum atomic E-state index is -0.657. The van der Waals surface area contributed by atoms with Gasteiger partial charge < -0.3 is 25.6 Å². The minimum absolute atomic E-state index is 0.0448. The molecule has 1 aliphatic carbocycles.